The molecule has 1 amide bonds. The van der Waals surface area contributed by atoms with Crippen molar-refractivity contribution in [3.05, 3.63) is 29.3 Å². The van der Waals surface area contributed by atoms with Gasteiger partial charge in [0.05, 0.1) is 6.04 Å². The van der Waals surface area contributed by atoms with Crippen LogP contribution in [0.1, 0.15) is 6.42 Å². The van der Waals surface area contributed by atoms with Crippen LogP contribution in [0.3, 0.4) is 0 Å². The van der Waals surface area contributed by atoms with Crippen LogP contribution in [0.4, 0.5) is 5.69 Å². The van der Waals surface area contributed by atoms with Gasteiger partial charge in [-0.2, -0.15) is 0 Å². The molecule has 0 bridgehead atoms. The maximum absolute atomic E-state index is 12.5. The number of carbonyl (C=O) groups excluding carboxylic acids is 1. The molecule has 2 fully saturated rings. The van der Waals surface area contributed by atoms with Gasteiger partial charge in [-0.1, -0.05) is 17.7 Å². The number of nitrogens with zero attached hydrogens (tertiary/aromatic N) is 2. The highest BCUT2D eigenvalue weighted by molar-refractivity contribution is 6.30. The molecular formula is C14H18ClN3O. The zero-order valence-electron chi connectivity index (χ0n) is 10.8. The Hall–Kier alpha value is -1.10. The third kappa shape index (κ3) is 2.61. The van der Waals surface area contributed by atoms with Crippen LogP contribution >= 0.6 is 11.6 Å². The maximum atomic E-state index is 12.5. The SMILES string of the molecule is O=C1C(N2CCNCC2)CCN1c1cccc(Cl)c1. The van der Waals surface area contributed by atoms with Gasteiger partial charge in [0.1, 0.15) is 0 Å². The molecule has 1 unspecified atom stereocenters. The van der Waals surface area contributed by atoms with Crippen molar-refractivity contribution in [2.75, 3.05) is 37.6 Å². The van der Waals surface area contributed by atoms with Crippen molar-refractivity contribution in [2.24, 2.45) is 0 Å². The number of benzene rings is 1. The van der Waals surface area contributed by atoms with Gasteiger partial charge >= 0.3 is 0 Å². The zero-order chi connectivity index (χ0) is 13.2. The number of carbonyl (C=O) groups is 1. The summed E-state index contributed by atoms with van der Waals surface area (Å²) in [6.07, 6.45) is 0.908. The zero-order valence-corrected chi connectivity index (χ0v) is 11.6. The Labute approximate surface area is 118 Å². The smallest absolute Gasteiger partial charge is 0.244 e. The number of halogens is 1. The normalized spacial score (nSPS) is 25.0. The lowest BCUT2D eigenvalue weighted by Crippen LogP contribution is -2.51. The molecule has 4 nitrogen and oxygen atoms in total. The molecule has 0 aliphatic carbocycles. The largest absolute Gasteiger partial charge is 0.314 e. The summed E-state index contributed by atoms with van der Waals surface area (Å²) in [5, 5.41) is 4.00. The van der Waals surface area contributed by atoms with E-state index >= 15 is 0 Å². The van der Waals surface area contributed by atoms with Crippen LogP contribution in [0.5, 0.6) is 0 Å². The van der Waals surface area contributed by atoms with E-state index < -0.39 is 0 Å². The standard InChI is InChI=1S/C14H18ClN3O/c15-11-2-1-3-12(10-11)18-7-4-13(14(18)19)17-8-5-16-6-9-17/h1-3,10,13,16H,4-9H2. The molecule has 1 atom stereocenters. The van der Waals surface area contributed by atoms with Crippen LogP contribution in [0.25, 0.3) is 0 Å². The van der Waals surface area contributed by atoms with Gasteiger partial charge in [0, 0.05) is 43.4 Å². The summed E-state index contributed by atoms with van der Waals surface area (Å²) in [4.78, 5) is 16.7. The second-order valence-electron chi connectivity index (χ2n) is 5.06. The summed E-state index contributed by atoms with van der Waals surface area (Å²) in [5.41, 5.74) is 0.912. The number of hydrogen-bond acceptors (Lipinski definition) is 3. The number of nitrogens with one attached hydrogen (secondary N) is 1. The molecule has 1 N–H and O–H groups in total. The second-order valence-corrected chi connectivity index (χ2v) is 5.50. The fourth-order valence-electron chi connectivity index (χ4n) is 2.90. The van der Waals surface area contributed by atoms with Crippen molar-refractivity contribution < 1.29 is 4.79 Å². The fourth-order valence-corrected chi connectivity index (χ4v) is 3.08. The van der Waals surface area contributed by atoms with Crippen LogP contribution in [0, 0.1) is 0 Å². The van der Waals surface area contributed by atoms with Crippen molar-refractivity contribution >= 4 is 23.2 Å². The summed E-state index contributed by atoms with van der Waals surface area (Å²) in [6, 6.07) is 7.58. The molecule has 2 aliphatic rings. The molecule has 2 heterocycles. The average Bonchev–Trinajstić information content (AvgIpc) is 2.81. The summed E-state index contributed by atoms with van der Waals surface area (Å²) >= 11 is 6.00. The second kappa shape index (κ2) is 5.49. The summed E-state index contributed by atoms with van der Waals surface area (Å²) < 4.78 is 0. The van der Waals surface area contributed by atoms with Crippen molar-refractivity contribution in [1.29, 1.82) is 0 Å². The van der Waals surface area contributed by atoms with E-state index in [-0.39, 0.29) is 11.9 Å². The minimum absolute atomic E-state index is 0.0427. The molecular weight excluding hydrogens is 262 g/mol. The van der Waals surface area contributed by atoms with Gasteiger partial charge in [-0.3, -0.25) is 9.69 Å². The minimum Gasteiger partial charge on any atom is -0.314 e. The number of rotatable bonds is 2. The Morgan fingerprint density at radius 1 is 1.21 bits per heavy atom. The van der Waals surface area contributed by atoms with Crippen LogP contribution in [0.15, 0.2) is 24.3 Å². The highest BCUT2D eigenvalue weighted by Gasteiger charge is 2.36. The molecule has 1 aromatic rings. The lowest BCUT2D eigenvalue weighted by Gasteiger charge is -2.31. The predicted octanol–water partition coefficient (Wildman–Crippen LogP) is 1.35. The molecule has 0 saturated carbocycles. The number of amides is 1. The summed E-state index contributed by atoms with van der Waals surface area (Å²) in [5.74, 6) is 0.212. The van der Waals surface area contributed by atoms with Crippen LogP contribution in [0.2, 0.25) is 5.02 Å². The van der Waals surface area contributed by atoms with Crippen molar-refractivity contribution in [1.82, 2.24) is 10.2 Å². The molecule has 2 aliphatic heterocycles. The third-order valence-corrected chi connectivity index (χ3v) is 4.12. The van der Waals surface area contributed by atoms with Crippen molar-refractivity contribution in [2.45, 2.75) is 12.5 Å². The Morgan fingerprint density at radius 2 is 2.00 bits per heavy atom. The maximum Gasteiger partial charge on any atom is 0.244 e. The molecule has 19 heavy (non-hydrogen) atoms. The Balaban J connectivity index is 1.74. The minimum atomic E-state index is 0.0427. The molecule has 0 aromatic heterocycles. The Kier molecular flexibility index (Phi) is 3.73. The highest BCUT2D eigenvalue weighted by Crippen LogP contribution is 2.26. The Morgan fingerprint density at radius 3 is 2.74 bits per heavy atom. The van der Waals surface area contributed by atoms with E-state index in [1.165, 1.54) is 0 Å². The summed E-state index contributed by atoms with van der Waals surface area (Å²) in [7, 11) is 0. The molecule has 2 saturated heterocycles. The quantitative estimate of drug-likeness (QED) is 0.888. The van der Waals surface area contributed by atoms with Gasteiger partial charge in [-0.05, 0) is 24.6 Å². The molecule has 5 heteroatoms. The van der Waals surface area contributed by atoms with E-state index in [1.807, 2.05) is 29.2 Å². The van der Waals surface area contributed by atoms with Gasteiger partial charge in [0.15, 0.2) is 0 Å². The summed E-state index contributed by atoms with van der Waals surface area (Å²) in [6.45, 7) is 4.65. The first-order chi connectivity index (χ1) is 9.25. The first-order valence-corrected chi connectivity index (χ1v) is 7.15. The molecule has 0 radical (unpaired) electrons. The van der Waals surface area contributed by atoms with Crippen LogP contribution in [-0.2, 0) is 4.79 Å². The first-order valence-electron chi connectivity index (χ1n) is 6.77. The van der Waals surface area contributed by atoms with E-state index in [9.17, 15) is 4.79 Å². The number of piperazine rings is 1. The van der Waals surface area contributed by atoms with Gasteiger partial charge in [0.25, 0.3) is 0 Å². The highest BCUT2D eigenvalue weighted by atomic mass is 35.5. The Bertz CT molecular complexity index is 474. The lowest BCUT2D eigenvalue weighted by molar-refractivity contribution is -0.121. The first kappa shape index (κ1) is 12.9. The van der Waals surface area contributed by atoms with Crippen molar-refractivity contribution in [3.8, 4) is 0 Å². The molecule has 0 spiro atoms. The van der Waals surface area contributed by atoms with E-state index in [0.717, 1.165) is 44.8 Å². The number of anilines is 1. The molecule has 1 aromatic carbocycles. The van der Waals surface area contributed by atoms with Crippen LogP contribution in [-0.4, -0.2) is 49.6 Å². The topological polar surface area (TPSA) is 35.6 Å². The van der Waals surface area contributed by atoms with E-state index in [2.05, 4.69) is 10.2 Å². The van der Waals surface area contributed by atoms with E-state index in [0.29, 0.717) is 5.02 Å². The predicted molar refractivity (Wildman–Crippen MR) is 76.7 cm³/mol. The molecule has 3 rings (SSSR count). The third-order valence-electron chi connectivity index (χ3n) is 3.89. The van der Waals surface area contributed by atoms with E-state index in [4.69, 9.17) is 11.6 Å². The lowest BCUT2D eigenvalue weighted by atomic mass is 10.2. The van der Waals surface area contributed by atoms with E-state index in [1.54, 1.807) is 0 Å². The average molecular weight is 280 g/mol. The number of hydrogen-bond donors (Lipinski definition) is 1. The van der Waals surface area contributed by atoms with Gasteiger partial charge < -0.3 is 10.2 Å². The molecule has 102 valence electrons. The monoisotopic (exact) mass is 279 g/mol. The van der Waals surface area contributed by atoms with Gasteiger partial charge in [-0.15, -0.1) is 0 Å². The van der Waals surface area contributed by atoms with Crippen LogP contribution < -0.4 is 10.2 Å². The van der Waals surface area contributed by atoms with Crippen molar-refractivity contribution in [3.63, 3.8) is 0 Å². The van der Waals surface area contributed by atoms with Gasteiger partial charge in [0.2, 0.25) is 5.91 Å². The fraction of sp³-hybridized carbons (Fsp3) is 0.500. The van der Waals surface area contributed by atoms with Gasteiger partial charge in [-0.25, -0.2) is 0 Å².